The Balaban J connectivity index is 1.46. The minimum absolute atomic E-state index is 0.0336. The van der Waals surface area contributed by atoms with Gasteiger partial charge in [-0.15, -0.1) is 11.3 Å². The summed E-state index contributed by atoms with van der Waals surface area (Å²) in [6.45, 7) is 0.679. The number of amides is 2. The maximum absolute atomic E-state index is 13.6. The number of nitrogens with one attached hydrogen (secondary N) is 2. The van der Waals surface area contributed by atoms with Crippen molar-refractivity contribution >= 4 is 50.5 Å². The third-order valence-corrected chi connectivity index (χ3v) is 10.4. The average Bonchev–Trinajstić information content (AvgIpc) is 3.11. The minimum atomic E-state index is -3.57. The normalized spacial score (nSPS) is 18.7. The van der Waals surface area contributed by atoms with Crippen LogP contribution in [0.4, 0.5) is 10.5 Å². The maximum Gasteiger partial charge on any atom is 0.322 e. The summed E-state index contributed by atoms with van der Waals surface area (Å²) < 4.78 is 28.0. The predicted molar refractivity (Wildman–Crippen MR) is 141 cm³/mol. The van der Waals surface area contributed by atoms with Crippen molar-refractivity contribution < 1.29 is 13.2 Å². The van der Waals surface area contributed by atoms with E-state index < -0.39 is 10.0 Å². The molecule has 2 fully saturated rings. The Morgan fingerprint density at radius 2 is 1.77 bits per heavy atom. The van der Waals surface area contributed by atoms with Crippen molar-refractivity contribution in [3.05, 3.63) is 46.3 Å². The molecule has 11 heteroatoms. The summed E-state index contributed by atoms with van der Waals surface area (Å²) in [6.07, 6.45) is 7.42. The van der Waals surface area contributed by atoms with Crippen molar-refractivity contribution in [2.75, 3.05) is 18.0 Å². The number of nitrogens with zero attached hydrogens (tertiary/aromatic N) is 2. The lowest BCUT2D eigenvalue weighted by Gasteiger charge is -2.35. The summed E-state index contributed by atoms with van der Waals surface area (Å²) in [5.74, 6) is -0.0336. The lowest BCUT2D eigenvalue weighted by molar-refractivity contribution is 0.230. The zero-order valence-electron chi connectivity index (χ0n) is 19.6. The molecule has 2 amide bonds. The molecule has 1 aliphatic heterocycles. The summed E-state index contributed by atoms with van der Waals surface area (Å²) in [4.78, 5) is 15.4. The number of urea groups is 1. The van der Waals surface area contributed by atoms with Crippen LogP contribution in [-0.2, 0) is 10.0 Å². The van der Waals surface area contributed by atoms with Gasteiger partial charge in [0.2, 0.25) is 0 Å². The third kappa shape index (κ3) is 6.17. The van der Waals surface area contributed by atoms with Crippen LogP contribution in [0.2, 0.25) is 4.34 Å². The number of hydrogen-bond acceptors (Lipinski definition) is 5. The summed E-state index contributed by atoms with van der Waals surface area (Å²) in [6, 6.07) is 10.2. The van der Waals surface area contributed by atoms with Crippen molar-refractivity contribution in [1.82, 2.24) is 9.62 Å². The van der Waals surface area contributed by atoms with Gasteiger partial charge in [0.1, 0.15) is 10.0 Å². The smallest absolute Gasteiger partial charge is 0.322 e. The number of amidine groups is 1. The van der Waals surface area contributed by atoms with Gasteiger partial charge in [0.25, 0.3) is 10.0 Å². The molecule has 1 aromatic heterocycles. The highest BCUT2D eigenvalue weighted by Crippen LogP contribution is 2.31. The van der Waals surface area contributed by atoms with E-state index in [1.807, 2.05) is 17.0 Å². The van der Waals surface area contributed by atoms with Crippen molar-refractivity contribution in [1.29, 1.82) is 5.41 Å². The fourth-order valence-electron chi connectivity index (χ4n) is 4.88. The zero-order chi connectivity index (χ0) is 25.0. The molecule has 190 valence electrons. The van der Waals surface area contributed by atoms with Gasteiger partial charge in [0.15, 0.2) is 0 Å². The van der Waals surface area contributed by atoms with E-state index in [0.717, 1.165) is 42.7 Å². The van der Waals surface area contributed by atoms with Crippen LogP contribution < -0.4 is 16.0 Å². The van der Waals surface area contributed by atoms with Gasteiger partial charge in [-0.05, 0) is 49.9 Å². The number of anilines is 1. The Hall–Kier alpha value is -2.14. The van der Waals surface area contributed by atoms with Crippen LogP contribution in [-0.4, -0.2) is 49.8 Å². The minimum Gasteiger partial charge on any atom is -0.384 e. The Kier molecular flexibility index (Phi) is 8.36. The van der Waals surface area contributed by atoms with Crippen molar-refractivity contribution in [2.45, 2.75) is 67.7 Å². The van der Waals surface area contributed by atoms with Crippen molar-refractivity contribution in [2.24, 2.45) is 5.73 Å². The number of thiophene rings is 1. The Labute approximate surface area is 216 Å². The predicted octanol–water partition coefficient (Wildman–Crippen LogP) is 4.78. The molecule has 4 rings (SSSR count). The van der Waals surface area contributed by atoms with Crippen LogP contribution in [0.1, 0.15) is 56.9 Å². The standard InChI is InChI=1S/C24H32ClN5O3S2/c25-21-10-11-22(34-21)35(32,33)29-14-12-18(13-15-29)28-24(31)30(19-7-3-1-2-4-8-19)20-9-5-6-17(16-20)23(26)27/h5-6,9-11,16,18-19H,1-4,7-8,12-15H2,(H3,26,27)(H,28,31). The fourth-order valence-corrected chi connectivity index (χ4v) is 7.99. The molecule has 8 nitrogen and oxygen atoms in total. The second-order valence-electron chi connectivity index (χ2n) is 9.17. The molecule has 4 N–H and O–H groups in total. The number of carbonyl (C=O) groups is 1. The van der Waals surface area contributed by atoms with Gasteiger partial charge in [-0.2, -0.15) is 4.31 Å². The molecule has 0 spiro atoms. The number of hydrogen-bond donors (Lipinski definition) is 3. The molecular weight excluding hydrogens is 506 g/mol. The summed E-state index contributed by atoms with van der Waals surface area (Å²) in [5.41, 5.74) is 7.02. The quantitative estimate of drug-likeness (QED) is 0.279. The maximum atomic E-state index is 13.6. The molecular formula is C24H32ClN5O3S2. The summed E-state index contributed by atoms with van der Waals surface area (Å²) in [5, 5.41) is 11.0. The molecule has 0 bridgehead atoms. The first-order valence-electron chi connectivity index (χ1n) is 12.1. The number of carbonyl (C=O) groups excluding carboxylic acids is 1. The number of rotatable bonds is 6. The Bertz CT molecular complexity index is 1150. The molecule has 0 unspecified atom stereocenters. The first-order valence-corrected chi connectivity index (χ1v) is 14.7. The molecule has 1 saturated heterocycles. The molecule has 1 aliphatic carbocycles. The number of nitrogens with two attached hydrogens (primary N) is 1. The lowest BCUT2D eigenvalue weighted by atomic mass is 10.0. The van der Waals surface area contributed by atoms with Gasteiger partial charge in [-0.25, -0.2) is 13.2 Å². The molecule has 2 aromatic rings. The molecule has 0 radical (unpaired) electrons. The third-order valence-electron chi connectivity index (χ3n) is 6.77. The van der Waals surface area contributed by atoms with E-state index in [-0.39, 0.29) is 28.2 Å². The van der Waals surface area contributed by atoms with Gasteiger partial charge in [-0.3, -0.25) is 10.3 Å². The monoisotopic (exact) mass is 537 g/mol. The zero-order valence-corrected chi connectivity index (χ0v) is 22.0. The molecule has 0 atom stereocenters. The number of nitrogen functional groups attached to an aromatic ring is 1. The van der Waals surface area contributed by atoms with E-state index in [1.54, 1.807) is 18.2 Å². The highest BCUT2D eigenvalue weighted by molar-refractivity contribution is 7.91. The van der Waals surface area contributed by atoms with Crippen LogP contribution in [0.25, 0.3) is 0 Å². The Morgan fingerprint density at radius 1 is 1.09 bits per heavy atom. The van der Waals surface area contributed by atoms with Crippen molar-refractivity contribution in [3.63, 3.8) is 0 Å². The van der Waals surface area contributed by atoms with E-state index >= 15 is 0 Å². The second kappa shape index (κ2) is 11.3. The van der Waals surface area contributed by atoms with Crippen LogP contribution in [0.5, 0.6) is 0 Å². The largest absolute Gasteiger partial charge is 0.384 e. The number of halogens is 1. The lowest BCUT2D eigenvalue weighted by Crippen LogP contribution is -2.52. The number of piperidine rings is 1. The van der Waals surface area contributed by atoms with E-state index in [9.17, 15) is 13.2 Å². The van der Waals surface area contributed by atoms with Crippen LogP contribution in [0.15, 0.2) is 40.6 Å². The van der Waals surface area contributed by atoms with Gasteiger partial charge >= 0.3 is 6.03 Å². The van der Waals surface area contributed by atoms with E-state index in [2.05, 4.69) is 5.32 Å². The number of sulfonamides is 1. The fraction of sp³-hybridized carbons (Fsp3) is 0.500. The highest BCUT2D eigenvalue weighted by Gasteiger charge is 2.33. The molecule has 1 saturated carbocycles. The topological polar surface area (TPSA) is 120 Å². The molecule has 2 heterocycles. The summed E-state index contributed by atoms with van der Waals surface area (Å²) >= 11 is 6.99. The molecule has 1 aromatic carbocycles. The Morgan fingerprint density at radius 3 is 2.37 bits per heavy atom. The second-order valence-corrected chi connectivity index (χ2v) is 13.0. The molecule has 2 aliphatic rings. The molecule has 35 heavy (non-hydrogen) atoms. The SMILES string of the molecule is N=C(N)c1cccc(N(C(=O)NC2CCN(S(=O)(=O)c3ccc(Cl)s3)CC2)C2CCCCCC2)c1. The van der Waals surface area contributed by atoms with Gasteiger partial charge < -0.3 is 11.1 Å². The van der Waals surface area contributed by atoms with Crippen LogP contribution in [0, 0.1) is 5.41 Å². The highest BCUT2D eigenvalue weighted by atomic mass is 35.5. The van der Waals surface area contributed by atoms with Crippen LogP contribution >= 0.6 is 22.9 Å². The number of benzene rings is 1. The average molecular weight is 538 g/mol. The summed E-state index contributed by atoms with van der Waals surface area (Å²) in [7, 11) is -3.57. The van der Waals surface area contributed by atoms with Crippen LogP contribution in [0.3, 0.4) is 0 Å². The van der Waals surface area contributed by atoms with Crippen molar-refractivity contribution in [3.8, 4) is 0 Å². The van der Waals surface area contributed by atoms with E-state index in [4.69, 9.17) is 22.7 Å². The first kappa shape index (κ1) is 25.9. The van der Waals surface area contributed by atoms with E-state index in [0.29, 0.717) is 35.8 Å². The van der Waals surface area contributed by atoms with Gasteiger partial charge in [0, 0.05) is 36.4 Å². The van der Waals surface area contributed by atoms with Gasteiger partial charge in [0.05, 0.1) is 4.34 Å². The van der Waals surface area contributed by atoms with Gasteiger partial charge in [-0.1, -0.05) is 49.4 Å². The first-order chi connectivity index (χ1) is 16.8. The van der Waals surface area contributed by atoms with E-state index in [1.165, 1.54) is 23.2 Å².